The Hall–Kier alpha value is -1.61. The minimum Gasteiger partial charge on any atom is -0.465 e. The highest BCUT2D eigenvalue weighted by atomic mass is 79.9. The Bertz CT molecular complexity index is 748. The van der Waals surface area contributed by atoms with Crippen molar-refractivity contribution in [1.82, 2.24) is 0 Å². The summed E-state index contributed by atoms with van der Waals surface area (Å²) in [5.41, 5.74) is 1.01. The fourth-order valence-corrected chi connectivity index (χ4v) is 3.03. The fraction of sp³-hybridized carbons (Fsp3) is 0.176. The standard InChI is InChI=1S/C17H14BrFO/c1-2-11-7-10-16(20-11)17(18)14-8-9-15(19)13-6-4-3-5-12(13)14/h3-10,17H,2H2,1H3. The number of alkyl halides is 1. The molecule has 0 fully saturated rings. The largest absolute Gasteiger partial charge is 0.465 e. The molecule has 0 saturated heterocycles. The van der Waals surface area contributed by atoms with Gasteiger partial charge in [-0.2, -0.15) is 0 Å². The van der Waals surface area contributed by atoms with Gasteiger partial charge in [-0.25, -0.2) is 4.39 Å². The van der Waals surface area contributed by atoms with Crippen molar-refractivity contribution in [2.45, 2.75) is 18.2 Å². The molecule has 0 bridgehead atoms. The van der Waals surface area contributed by atoms with Crippen LogP contribution in [0.25, 0.3) is 10.8 Å². The molecule has 0 aliphatic heterocycles. The lowest BCUT2D eigenvalue weighted by Crippen LogP contribution is -1.94. The van der Waals surface area contributed by atoms with Gasteiger partial charge in [0.1, 0.15) is 17.3 Å². The van der Waals surface area contributed by atoms with Crippen molar-refractivity contribution in [3.63, 3.8) is 0 Å². The molecule has 0 aliphatic carbocycles. The van der Waals surface area contributed by atoms with Gasteiger partial charge in [-0.05, 0) is 29.1 Å². The molecule has 1 nitrogen and oxygen atoms in total. The Morgan fingerprint density at radius 1 is 1.05 bits per heavy atom. The summed E-state index contributed by atoms with van der Waals surface area (Å²) in [6.45, 7) is 2.05. The van der Waals surface area contributed by atoms with Gasteiger partial charge in [-0.3, -0.25) is 0 Å². The van der Waals surface area contributed by atoms with Crippen LogP contribution in [0.1, 0.15) is 28.8 Å². The summed E-state index contributed by atoms with van der Waals surface area (Å²) in [5.74, 6) is 1.60. The molecular weight excluding hydrogens is 319 g/mol. The van der Waals surface area contributed by atoms with Gasteiger partial charge in [0.05, 0.1) is 4.83 Å². The van der Waals surface area contributed by atoms with Crippen LogP contribution in [0.15, 0.2) is 52.9 Å². The van der Waals surface area contributed by atoms with E-state index in [0.29, 0.717) is 5.39 Å². The maximum atomic E-state index is 13.9. The van der Waals surface area contributed by atoms with Gasteiger partial charge in [0.25, 0.3) is 0 Å². The van der Waals surface area contributed by atoms with E-state index in [0.717, 1.165) is 28.9 Å². The number of furan rings is 1. The average Bonchev–Trinajstić information content (AvgIpc) is 2.96. The molecule has 0 radical (unpaired) electrons. The third-order valence-electron chi connectivity index (χ3n) is 3.46. The van der Waals surface area contributed by atoms with E-state index >= 15 is 0 Å². The molecule has 0 saturated carbocycles. The van der Waals surface area contributed by atoms with Crippen molar-refractivity contribution < 1.29 is 8.81 Å². The van der Waals surface area contributed by atoms with Gasteiger partial charge < -0.3 is 4.42 Å². The van der Waals surface area contributed by atoms with Crippen LogP contribution >= 0.6 is 15.9 Å². The molecule has 20 heavy (non-hydrogen) atoms. The predicted molar refractivity (Wildman–Crippen MR) is 82.8 cm³/mol. The van der Waals surface area contributed by atoms with Gasteiger partial charge in [0, 0.05) is 11.8 Å². The second kappa shape index (κ2) is 5.41. The highest BCUT2D eigenvalue weighted by molar-refractivity contribution is 9.09. The van der Waals surface area contributed by atoms with Crippen LogP contribution in [0, 0.1) is 5.82 Å². The first-order valence-corrected chi connectivity index (χ1v) is 7.52. The Labute approximate surface area is 125 Å². The summed E-state index contributed by atoms with van der Waals surface area (Å²) in [4.78, 5) is -0.0756. The van der Waals surface area contributed by atoms with Crippen LogP contribution in [0.3, 0.4) is 0 Å². The topological polar surface area (TPSA) is 13.1 Å². The zero-order valence-corrected chi connectivity index (χ0v) is 12.7. The molecule has 0 aliphatic rings. The number of hydrogen-bond donors (Lipinski definition) is 0. The second-order valence-corrected chi connectivity index (χ2v) is 5.62. The molecule has 3 rings (SSSR count). The first-order chi connectivity index (χ1) is 9.70. The van der Waals surface area contributed by atoms with E-state index in [1.807, 2.05) is 36.4 Å². The van der Waals surface area contributed by atoms with Gasteiger partial charge in [-0.1, -0.05) is 53.2 Å². The summed E-state index contributed by atoms with van der Waals surface area (Å²) in [7, 11) is 0. The lowest BCUT2D eigenvalue weighted by molar-refractivity contribution is 0.477. The summed E-state index contributed by atoms with van der Waals surface area (Å²) >= 11 is 3.67. The van der Waals surface area contributed by atoms with E-state index in [1.54, 1.807) is 6.07 Å². The highest BCUT2D eigenvalue weighted by Gasteiger charge is 2.18. The van der Waals surface area contributed by atoms with Crippen molar-refractivity contribution in [2.24, 2.45) is 0 Å². The number of hydrogen-bond acceptors (Lipinski definition) is 1. The fourth-order valence-electron chi connectivity index (χ4n) is 2.38. The van der Waals surface area contributed by atoms with Crippen molar-refractivity contribution in [2.75, 3.05) is 0 Å². The van der Waals surface area contributed by atoms with Crippen LogP contribution in [0.5, 0.6) is 0 Å². The molecule has 0 amide bonds. The summed E-state index contributed by atoms with van der Waals surface area (Å²) in [6.07, 6.45) is 0.865. The quantitative estimate of drug-likeness (QED) is 0.567. The summed E-state index contributed by atoms with van der Waals surface area (Å²) in [6, 6.07) is 14.8. The van der Waals surface area contributed by atoms with E-state index in [1.165, 1.54) is 6.07 Å². The van der Waals surface area contributed by atoms with Gasteiger partial charge in [-0.15, -0.1) is 0 Å². The van der Waals surface area contributed by atoms with Crippen LogP contribution in [-0.2, 0) is 6.42 Å². The zero-order valence-electron chi connectivity index (χ0n) is 11.1. The van der Waals surface area contributed by atoms with Crippen molar-refractivity contribution in [3.8, 4) is 0 Å². The third kappa shape index (κ3) is 2.27. The smallest absolute Gasteiger partial charge is 0.131 e. The lowest BCUT2D eigenvalue weighted by Gasteiger charge is -2.11. The molecule has 1 aromatic heterocycles. The molecule has 3 aromatic rings. The normalized spacial score (nSPS) is 12.8. The molecule has 0 N–H and O–H groups in total. The second-order valence-electron chi connectivity index (χ2n) is 4.70. The Morgan fingerprint density at radius 2 is 1.80 bits per heavy atom. The first kappa shape index (κ1) is 13.4. The molecule has 0 spiro atoms. The highest BCUT2D eigenvalue weighted by Crippen LogP contribution is 2.36. The molecular formula is C17H14BrFO. The molecule has 102 valence electrons. The number of fused-ring (bicyclic) bond motifs is 1. The van der Waals surface area contributed by atoms with Crippen molar-refractivity contribution in [1.29, 1.82) is 0 Å². The van der Waals surface area contributed by atoms with Gasteiger partial charge in [0.15, 0.2) is 0 Å². The molecule has 3 heteroatoms. The van der Waals surface area contributed by atoms with E-state index in [2.05, 4.69) is 22.9 Å². The van der Waals surface area contributed by atoms with Crippen LogP contribution in [0.2, 0.25) is 0 Å². The maximum Gasteiger partial charge on any atom is 0.131 e. The van der Waals surface area contributed by atoms with Crippen LogP contribution in [0.4, 0.5) is 4.39 Å². The predicted octanol–water partition coefficient (Wildman–Crippen LogP) is 5.62. The Morgan fingerprint density at radius 3 is 2.50 bits per heavy atom. The number of halogens is 2. The summed E-state index contributed by atoms with van der Waals surface area (Å²) < 4.78 is 19.6. The monoisotopic (exact) mass is 332 g/mol. The maximum absolute atomic E-state index is 13.9. The zero-order chi connectivity index (χ0) is 14.1. The third-order valence-corrected chi connectivity index (χ3v) is 4.40. The van der Waals surface area contributed by atoms with Crippen LogP contribution in [-0.4, -0.2) is 0 Å². The van der Waals surface area contributed by atoms with E-state index in [-0.39, 0.29) is 10.6 Å². The minimum atomic E-state index is -0.197. The van der Waals surface area contributed by atoms with E-state index in [4.69, 9.17) is 4.42 Å². The van der Waals surface area contributed by atoms with E-state index < -0.39 is 0 Å². The summed E-state index contributed by atoms with van der Waals surface area (Å²) in [5, 5.41) is 1.54. The molecule has 1 atom stereocenters. The molecule has 2 aromatic carbocycles. The first-order valence-electron chi connectivity index (χ1n) is 6.60. The van der Waals surface area contributed by atoms with Crippen molar-refractivity contribution in [3.05, 3.63) is 71.4 Å². The van der Waals surface area contributed by atoms with Gasteiger partial charge in [0.2, 0.25) is 0 Å². The Kier molecular flexibility index (Phi) is 3.62. The van der Waals surface area contributed by atoms with Crippen molar-refractivity contribution >= 4 is 26.7 Å². The molecule has 1 heterocycles. The lowest BCUT2D eigenvalue weighted by atomic mass is 10.0. The SMILES string of the molecule is CCc1ccc(C(Br)c2ccc(F)c3ccccc23)o1. The Balaban J connectivity index is 2.12. The molecule has 1 unspecified atom stereocenters. The number of benzene rings is 2. The number of rotatable bonds is 3. The van der Waals surface area contributed by atoms with E-state index in [9.17, 15) is 4.39 Å². The minimum absolute atomic E-state index is 0.0756. The average molecular weight is 333 g/mol. The number of aryl methyl sites for hydroxylation is 1. The van der Waals surface area contributed by atoms with Crippen LogP contribution < -0.4 is 0 Å². The van der Waals surface area contributed by atoms with Gasteiger partial charge >= 0.3 is 0 Å².